The lowest BCUT2D eigenvalue weighted by molar-refractivity contribution is -0.141. The summed E-state index contributed by atoms with van der Waals surface area (Å²) in [6.45, 7) is 0.309. The Morgan fingerprint density at radius 2 is 1.73 bits per heavy atom. The van der Waals surface area contributed by atoms with Crippen molar-refractivity contribution in [2.24, 2.45) is 11.8 Å². The number of amides is 1. The van der Waals surface area contributed by atoms with Crippen LogP contribution in [0, 0.1) is 11.8 Å². The molecule has 2 aliphatic heterocycles. The first-order valence-electron chi connectivity index (χ1n) is 13.3. The Morgan fingerprint density at radius 3 is 2.38 bits per heavy atom. The van der Waals surface area contributed by atoms with Crippen LogP contribution < -0.4 is 29.0 Å². The van der Waals surface area contributed by atoms with Crippen molar-refractivity contribution in [1.82, 2.24) is 5.32 Å². The number of carbonyl (C=O) groups is 2. The molecule has 0 bridgehead atoms. The van der Waals surface area contributed by atoms with E-state index in [-0.39, 0.29) is 31.2 Å². The molecule has 1 amide bonds. The summed E-state index contributed by atoms with van der Waals surface area (Å²) in [5.41, 5.74) is 6.80. The maximum Gasteiger partial charge on any atom is 0.310 e. The highest BCUT2D eigenvalue weighted by atomic mass is 16.7. The summed E-state index contributed by atoms with van der Waals surface area (Å²) in [6, 6.07) is 7.13. The average molecular weight is 546 g/mol. The molecule has 6 rings (SSSR count). The van der Waals surface area contributed by atoms with Gasteiger partial charge in [-0.2, -0.15) is 0 Å². The van der Waals surface area contributed by atoms with Crippen LogP contribution in [0.5, 0.6) is 28.7 Å². The van der Waals surface area contributed by atoms with Crippen molar-refractivity contribution < 1.29 is 38.0 Å². The molecule has 0 spiro atoms. The number of cyclic esters (lactones) is 1. The van der Waals surface area contributed by atoms with E-state index in [1.165, 1.54) is 0 Å². The first kappa shape index (κ1) is 25.9. The molecule has 2 heterocycles. The maximum absolute atomic E-state index is 13.3. The molecule has 2 aromatic rings. The number of benzene rings is 2. The molecule has 1 fully saturated rings. The van der Waals surface area contributed by atoms with Crippen LogP contribution in [0.3, 0.4) is 0 Å². The minimum absolute atomic E-state index is 0.0792. The number of ether oxygens (including phenoxy) is 6. The molecule has 0 saturated carbocycles. The SMILES string of the molecule is COc1cc([C@@H]2c3cc4c(cc3[C@@H](NC(=O)CCCC3=C=CC=C3)[C@H]3COC(=O)[C@H]23)OCO4)cc(OC)c1OC. The van der Waals surface area contributed by atoms with Gasteiger partial charge in [0.2, 0.25) is 18.4 Å². The molecule has 1 saturated heterocycles. The Labute approximate surface area is 232 Å². The summed E-state index contributed by atoms with van der Waals surface area (Å²) >= 11 is 0. The topological polar surface area (TPSA) is 102 Å². The molecule has 1 N–H and O–H groups in total. The predicted molar refractivity (Wildman–Crippen MR) is 144 cm³/mol. The molecule has 2 aromatic carbocycles. The number of nitrogens with one attached hydrogen (secondary N) is 1. The third-order valence-electron chi connectivity index (χ3n) is 8.06. The second-order valence-electron chi connectivity index (χ2n) is 10.2. The van der Waals surface area contributed by atoms with E-state index in [1.807, 2.05) is 42.5 Å². The highest BCUT2D eigenvalue weighted by Crippen LogP contribution is 2.55. The number of esters is 1. The number of rotatable bonds is 9. The third kappa shape index (κ3) is 4.46. The van der Waals surface area contributed by atoms with Gasteiger partial charge in [0.05, 0.1) is 39.9 Å². The molecule has 9 heteroatoms. The van der Waals surface area contributed by atoms with Crippen LogP contribution in [-0.4, -0.2) is 46.6 Å². The number of allylic oxidation sites excluding steroid dienone is 3. The molecular weight excluding hydrogens is 514 g/mol. The van der Waals surface area contributed by atoms with E-state index >= 15 is 0 Å². The standard InChI is InChI=1S/C31H31NO8/c1-35-24-11-18(12-25(36-2)30(24)37-3)27-19-13-22-23(40-16-39-22)14-20(19)29(21-15-38-31(34)28(21)27)32-26(33)10-6-9-17-7-4-5-8-17/h4-5,7,11-14,21,27-29H,6,9-10,15-16H2,1-3H3,(H,32,33)/t21-,27+,28-,29+/m0/s1. The Balaban J connectivity index is 1.40. The Morgan fingerprint density at radius 1 is 1.00 bits per heavy atom. The summed E-state index contributed by atoms with van der Waals surface area (Å²) < 4.78 is 33.8. The van der Waals surface area contributed by atoms with Gasteiger partial charge in [0.15, 0.2) is 23.0 Å². The van der Waals surface area contributed by atoms with Crippen molar-refractivity contribution >= 4 is 11.9 Å². The van der Waals surface area contributed by atoms with E-state index < -0.39 is 17.9 Å². The second kappa shape index (κ2) is 10.7. The quantitative estimate of drug-likeness (QED) is 0.367. The average Bonchev–Trinajstić information content (AvgIpc) is 3.73. The Hall–Kier alpha value is -4.36. The van der Waals surface area contributed by atoms with Gasteiger partial charge in [-0.25, -0.2) is 0 Å². The monoisotopic (exact) mass is 545 g/mol. The third-order valence-corrected chi connectivity index (χ3v) is 8.06. The van der Waals surface area contributed by atoms with Crippen LogP contribution in [-0.2, 0) is 14.3 Å². The first-order valence-corrected chi connectivity index (χ1v) is 13.3. The lowest BCUT2D eigenvalue weighted by atomic mass is 9.65. The molecule has 4 atom stereocenters. The lowest BCUT2D eigenvalue weighted by Gasteiger charge is -2.39. The molecular formula is C31H31NO8. The van der Waals surface area contributed by atoms with E-state index in [0.29, 0.717) is 41.6 Å². The van der Waals surface area contributed by atoms with Crippen molar-refractivity contribution in [3.05, 3.63) is 70.5 Å². The fraction of sp³-hybridized carbons (Fsp3) is 0.387. The first-order chi connectivity index (χ1) is 19.5. The summed E-state index contributed by atoms with van der Waals surface area (Å²) in [5.74, 6) is 1.03. The van der Waals surface area contributed by atoms with Crippen LogP contribution in [0.25, 0.3) is 0 Å². The van der Waals surface area contributed by atoms with Crippen LogP contribution in [0.1, 0.15) is 47.9 Å². The highest BCUT2D eigenvalue weighted by molar-refractivity contribution is 5.81. The highest BCUT2D eigenvalue weighted by Gasteiger charge is 2.53. The number of fused-ring (bicyclic) bond motifs is 3. The van der Waals surface area contributed by atoms with E-state index in [9.17, 15) is 9.59 Å². The zero-order valence-electron chi connectivity index (χ0n) is 22.7. The van der Waals surface area contributed by atoms with Crippen LogP contribution in [0.4, 0.5) is 0 Å². The largest absolute Gasteiger partial charge is 0.493 e. The number of hydrogen-bond donors (Lipinski definition) is 1. The van der Waals surface area contributed by atoms with Gasteiger partial charge in [-0.05, 0) is 65.4 Å². The Kier molecular flexibility index (Phi) is 6.90. The molecule has 2 aliphatic carbocycles. The molecule has 0 radical (unpaired) electrons. The van der Waals surface area contributed by atoms with E-state index in [0.717, 1.165) is 28.7 Å². The Bertz CT molecular complexity index is 1430. The van der Waals surface area contributed by atoms with E-state index in [1.54, 1.807) is 21.3 Å². The predicted octanol–water partition coefficient (Wildman–Crippen LogP) is 4.35. The van der Waals surface area contributed by atoms with Crippen LogP contribution in [0.2, 0.25) is 0 Å². The van der Waals surface area contributed by atoms with Crippen molar-refractivity contribution in [2.75, 3.05) is 34.7 Å². The van der Waals surface area contributed by atoms with Gasteiger partial charge >= 0.3 is 5.97 Å². The van der Waals surface area contributed by atoms with Gasteiger partial charge in [0.25, 0.3) is 0 Å². The fourth-order valence-electron chi connectivity index (χ4n) is 6.24. The van der Waals surface area contributed by atoms with Crippen molar-refractivity contribution in [1.29, 1.82) is 0 Å². The zero-order valence-corrected chi connectivity index (χ0v) is 22.7. The molecule has 0 aromatic heterocycles. The fourth-order valence-corrected chi connectivity index (χ4v) is 6.24. The minimum atomic E-state index is -0.542. The summed E-state index contributed by atoms with van der Waals surface area (Å²) in [6.07, 6.45) is 7.66. The molecule has 40 heavy (non-hydrogen) atoms. The van der Waals surface area contributed by atoms with Gasteiger partial charge in [-0.1, -0.05) is 12.2 Å². The lowest BCUT2D eigenvalue weighted by Crippen LogP contribution is -2.42. The van der Waals surface area contributed by atoms with Crippen LogP contribution in [0.15, 0.2) is 53.8 Å². The number of hydrogen-bond acceptors (Lipinski definition) is 8. The van der Waals surface area contributed by atoms with Gasteiger partial charge in [-0.15, -0.1) is 5.73 Å². The van der Waals surface area contributed by atoms with Crippen molar-refractivity contribution in [3.63, 3.8) is 0 Å². The molecule has 208 valence electrons. The maximum atomic E-state index is 13.3. The smallest absolute Gasteiger partial charge is 0.310 e. The van der Waals surface area contributed by atoms with Gasteiger partial charge < -0.3 is 33.7 Å². The summed E-state index contributed by atoms with van der Waals surface area (Å²) in [5, 5.41) is 3.23. The summed E-state index contributed by atoms with van der Waals surface area (Å²) in [4.78, 5) is 26.5. The minimum Gasteiger partial charge on any atom is -0.493 e. The van der Waals surface area contributed by atoms with Crippen molar-refractivity contribution in [2.45, 2.75) is 31.2 Å². The van der Waals surface area contributed by atoms with Gasteiger partial charge in [0, 0.05) is 18.3 Å². The molecule has 0 unspecified atom stereocenters. The van der Waals surface area contributed by atoms with Crippen molar-refractivity contribution in [3.8, 4) is 28.7 Å². The number of methoxy groups -OCH3 is 3. The van der Waals surface area contributed by atoms with E-state index in [4.69, 9.17) is 28.4 Å². The van der Waals surface area contributed by atoms with Gasteiger partial charge in [0.1, 0.15) is 0 Å². The number of carbonyl (C=O) groups excluding carboxylic acids is 2. The zero-order chi connectivity index (χ0) is 27.8. The summed E-state index contributed by atoms with van der Waals surface area (Å²) in [7, 11) is 4.66. The van der Waals surface area contributed by atoms with Crippen LogP contribution >= 0.6 is 0 Å². The normalized spacial score (nSPS) is 23.3. The molecule has 4 aliphatic rings. The van der Waals surface area contributed by atoms with E-state index in [2.05, 4.69) is 11.0 Å². The van der Waals surface area contributed by atoms with Gasteiger partial charge in [-0.3, -0.25) is 9.59 Å². The molecule has 9 nitrogen and oxygen atoms in total. The second-order valence-corrected chi connectivity index (χ2v) is 10.2.